The molecule has 0 saturated carbocycles. The van der Waals surface area contributed by atoms with Crippen LogP contribution in [0.1, 0.15) is 19.8 Å². The lowest BCUT2D eigenvalue weighted by molar-refractivity contribution is 0.118. The number of rotatable bonds is 9. The fraction of sp³-hybridized carbons (Fsp3) is 0.875. The van der Waals surface area contributed by atoms with Crippen LogP contribution in [0.5, 0.6) is 0 Å². The summed E-state index contributed by atoms with van der Waals surface area (Å²) in [5, 5.41) is 11.2. The first-order valence-corrected chi connectivity index (χ1v) is 9.87. The normalized spacial score (nSPS) is 14.2. The molecule has 0 fully saturated rings. The van der Waals surface area contributed by atoms with Crippen molar-refractivity contribution in [2.24, 2.45) is 5.29 Å². The molecule has 0 saturated heterocycles. The predicted molar refractivity (Wildman–Crippen MR) is 79.5 cm³/mol. The van der Waals surface area contributed by atoms with Gasteiger partial charge < -0.3 is 30.0 Å². The molecule has 0 bridgehead atoms. The van der Waals surface area contributed by atoms with Crippen LogP contribution in [0.15, 0.2) is 5.29 Å². The van der Waals surface area contributed by atoms with Gasteiger partial charge in [0.15, 0.2) is 0 Å². The molecule has 12 nitrogen and oxygen atoms in total. The molecule has 0 aromatic heterocycles. The lowest BCUT2D eigenvalue weighted by Gasteiger charge is -2.30. The zero-order chi connectivity index (χ0) is 18.5. The standard InChI is InChI=1S/C8H18ClN3O9P2/c1-6(10-7(13)12(11-15)5-4-9)2-3-8(14,22(16,17)18)23(19,20)21/h6,14H,2-5H2,1H3,(H,10,13)(H2,16,17,18)(H2,19,20,21). The summed E-state index contributed by atoms with van der Waals surface area (Å²) in [6, 6.07) is -1.84. The van der Waals surface area contributed by atoms with E-state index < -0.39 is 45.2 Å². The molecule has 0 aromatic rings. The number of halogens is 1. The van der Waals surface area contributed by atoms with Crippen molar-refractivity contribution in [3.63, 3.8) is 0 Å². The molecule has 0 aliphatic carbocycles. The molecule has 136 valence electrons. The number of hydrogen-bond donors (Lipinski definition) is 6. The SMILES string of the molecule is CC(CCC(O)(P(=O)(O)O)P(=O)(O)O)NC(=O)N(CCCl)N=O. The van der Waals surface area contributed by atoms with E-state index in [1.54, 1.807) is 0 Å². The summed E-state index contributed by atoms with van der Waals surface area (Å²) >= 11 is 5.35. The van der Waals surface area contributed by atoms with Gasteiger partial charge >= 0.3 is 21.2 Å². The van der Waals surface area contributed by atoms with E-state index in [0.29, 0.717) is 5.01 Å². The fourth-order valence-corrected chi connectivity index (χ4v) is 3.85. The number of urea groups is 1. The van der Waals surface area contributed by atoms with Crippen LogP contribution in [0, 0.1) is 4.91 Å². The van der Waals surface area contributed by atoms with Crippen molar-refractivity contribution >= 4 is 32.8 Å². The monoisotopic (exact) mass is 397 g/mol. The highest BCUT2D eigenvalue weighted by molar-refractivity contribution is 7.72. The van der Waals surface area contributed by atoms with E-state index in [0.717, 1.165) is 0 Å². The maximum absolute atomic E-state index is 11.6. The molecule has 0 aliphatic rings. The van der Waals surface area contributed by atoms with Crippen molar-refractivity contribution in [1.29, 1.82) is 0 Å². The van der Waals surface area contributed by atoms with E-state index >= 15 is 0 Å². The molecule has 0 spiro atoms. The first-order chi connectivity index (χ1) is 10.3. The number of carbonyl (C=O) groups is 1. The number of nitroso groups, excluding NO2 is 1. The molecule has 0 aliphatic heterocycles. The van der Waals surface area contributed by atoms with Gasteiger partial charge in [-0.05, 0) is 13.3 Å². The van der Waals surface area contributed by atoms with Gasteiger partial charge in [-0.1, -0.05) is 0 Å². The third-order valence-electron chi connectivity index (χ3n) is 2.84. The Hall–Kier alpha value is -0.580. The second kappa shape index (κ2) is 8.50. The van der Waals surface area contributed by atoms with Gasteiger partial charge in [-0.3, -0.25) is 9.13 Å². The zero-order valence-electron chi connectivity index (χ0n) is 11.9. The van der Waals surface area contributed by atoms with E-state index in [2.05, 4.69) is 10.6 Å². The topological polar surface area (TPSA) is 197 Å². The Morgan fingerprint density at radius 3 is 2.13 bits per heavy atom. The summed E-state index contributed by atoms with van der Waals surface area (Å²) in [5.41, 5.74) is 0. The summed E-state index contributed by atoms with van der Waals surface area (Å²) in [4.78, 5) is 57.9. The van der Waals surface area contributed by atoms with E-state index in [9.17, 15) is 23.9 Å². The Balaban J connectivity index is 4.89. The minimum atomic E-state index is -5.55. The maximum Gasteiger partial charge on any atom is 0.369 e. The largest absolute Gasteiger partial charge is 0.369 e. The second-order valence-electron chi connectivity index (χ2n) is 4.65. The third kappa shape index (κ3) is 6.09. The number of nitrogens with zero attached hydrogens (tertiary/aromatic N) is 2. The van der Waals surface area contributed by atoms with Crippen molar-refractivity contribution in [2.45, 2.75) is 30.9 Å². The maximum atomic E-state index is 11.6. The lowest BCUT2D eigenvalue weighted by Crippen LogP contribution is -2.42. The van der Waals surface area contributed by atoms with Crippen molar-refractivity contribution in [3.05, 3.63) is 4.91 Å². The van der Waals surface area contributed by atoms with Crippen molar-refractivity contribution < 1.29 is 38.6 Å². The van der Waals surface area contributed by atoms with Crippen LogP contribution >= 0.6 is 26.8 Å². The smallest absolute Gasteiger partial charge is 0.368 e. The van der Waals surface area contributed by atoms with Crippen LogP contribution in [0.4, 0.5) is 4.79 Å². The molecule has 0 radical (unpaired) electrons. The molecule has 6 N–H and O–H groups in total. The first kappa shape index (κ1) is 22.4. The Morgan fingerprint density at radius 1 is 1.30 bits per heavy atom. The summed E-state index contributed by atoms with van der Waals surface area (Å²) < 4.78 is 22.3. The molecule has 15 heteroatoms. The molecule has 1 atom stereocenters. The van der Waals surface area contributed by atoms with Gasteiger partial charge in [-0.15, -0.1) is 16.5 Å². The van der Waals surface area contributed by atoms with Gasteiger partial charge in [0, 0.05) is 18.3 Å². The predicted octanol–water partition coefficient (Wildman–Crippen LogP) is 0.0884. The van der Waals surface area contributed by atoms with Gasteiger partial charge in [-0.25, -0.2) is 4.79 Å². The van der Waals surface area contributed by atoms with Crippen molar-refractivity contribution in [2.75, 3.05) is 12.4 Å². The van der Waals surface area contributed by atoms with Gasteiger partial charge in [0.2, 0.25) is 0 Å². The third-order valence-corrected chi connectivity index (χ3v) is 6.89. The molecular weight excluding hydrogens is 380 g/mol. The molecule has 2 amide bonds. The first-order valence-electron chi connectivity index (χ1n) is 6.11. The quantitative estimate of drug-likeness (QED) is 0.135. The Bertz CT molecular complexity index is 499. The Morgan fingerprint density at radius 2 is 1.78 bits per heavy atom. The molecule has 0 heterocycles. The molecule has 23 heavy (non-hydrogen) atoms. The zero-order valence-corrected chi connectivity index (χ0v) is 14.5. The summed E-state index contributed by atoms with van der Waals surface area (Å²) in [6.07, 6.45) is -1.39. The number of aliphatic hydroxyl groups is 1. The highest BCUT2D eigenvalue weighted by Gasteiger charge is 2.58. The number of hydrogen-bond acceptors (Lipinski definition) is 6. The number of alkyl halides is 1. The minimum Gasteiger partial charge on any atom is -0.368 e. The lowest BCUT2D eigenvalue weighted by atomic mass is 10.2. The number of carbonyl (C=O) groups excluding carboxylic acids is 1. The van der Waals surface area contributed by atoms with Gasteiger partial charge in [0.05, 0.1) is 11.8 Å². The average Bonchev–Trinajstić information content (AvgIpc) is 2.39. The number of nitrogens with one attached hydrogen (secondary N) is 1. The highest BCUT2D eigenvalue weighted by atomic mass is 35.5. The van der Waals surface area contributed by atoms with Gasteiger partial charge in [-0.2, -0.15) is 5.01 Å². The minimum absolute atomic E-state index is 0.0658. The Labute approximate surface area is 136 Å². The molecule has 0 rings (SSSR count). The van der Waals surface area contributed by atoms with Crippen LogP contribution in [0.3, 0.4) is 0 Å². The van der Waals surface area contributed by atoms with Crippen LogP contribution in [0.2, 0.25) is 0 Å². The van der Waals surface area contributed by atoms with Crippen LogP contribution in [-0.4, -0.2) is 59.3 Å². The molecule has 1 unspecified atom stereocenters. The second-order valence-corrected chi connectivity index (χ2v) is 9.03. The van der Waals surface area contributed by atoms with Crippen LogP contribution in [-0.2, 0) is 9.13 Å². The number of amides is 2. The average molecular weight is 398 g/mol. The summed E-state index contributed by atoms with van der Waals surface area (Å²) in [7, 11) is -11.1. The Kier molecular flexibility index (Phi) is 8.28. The van der Waals surface area contributed by atoms with Crippen molar-refractivity contribution in [3.8, 4) is 0 Å². The van der Waals surface area contributed by atoms with Gasteiger partial charge in [0.25, 0.3) is 5.08 Å². The summed E-state index contributed by atoms with van der Waals surface area (Å²) in [5.74, 6) is -0.0658. The van der Waals surface area contributed by atoms with E-state index in [1.807, 2.05) is 0 Å². The summed E-state index contributed by atoms with van der Waals surface area (Å²) in [6.45, 7) is 1.15. The molecule has 0 aromatic carbocycles. The van der Waals surface area contributed by atoms with Crippen LogP contribution < -0.4 is 5.32 Å². The van der Waals surface area contributed by atoms with Crippen LogP contribution in [0.25, 0.3) is 0 Å². The van der Waals surface area contributed by atoms with Crippen molar-refractivity contribution in [1.82, 2.24) is 10.3 Å². The fourth-order valence-electron chi connectivity index (χ4n) is 1.49. The van der Waals surface area contributed by atoms with E-state index in [-0.39, 0.29) is 12.4 Å². The van der Waals surface area contributed by atoms with E-state index in [4.69, 9.17) is 31.2 Å². The van der Waals surface area contributed by atoms with E-state index in [1.165, 1.54) is 6.92 Å². The molecular formula is C8H18ClN3O9P2. The van der Waals surface area contributed by atoms with Gasteiger partial charge in [0.1, 0.15) is 0 Å². The highest BCUT2D eigenvalue weighted by Crippen LogP contribution is 2.69.